The fourth-order valence-electron chi connectivity index (χ4n) is 4.08. The van der Waals surface area contributed by atoms with E-state index in [9.17, 15) is 17.6 Å². The first kappa shape index (κ1) is 25.2. The highest BCUT2D eigenvalue weighted by molar-refractivity contribution is 7.87. The number of carbonyl (C=O) groups excluding carboxylic acids is 1. The topological polar surface area (TPSA) is 72.9 Å². The van der Waals surface area contributed by atoms with Crippen molar-refractivity contribution in [1.82, 2.24) is 4.90 Å². The standard InChI is InChI=1S/C26H25ClFNO5S/c1-18-6-2-12-24(27)25(18)35(31,32)34-22-10-3-7-19(14-22)16-29(17-23-11-5-13-33-23)26(30)20-8-4-9-21(28)15-20/h2-4,6-10,12,14-15,23H,5,11,13,16-17H2,1H3/t23-/m1/s1. The van der Waals surface area contributed by atoms with Crippen molar-refractivity contribution in [3.05, 3.63) is 94.3 Å². The van der Waals surface area contributed by atoms with E-state index in [-0.39, 0.29) is 39.8 Å². The van der Waals surface area contributed by atoms with Gasteiger partial charge in [0.1, 0.15) is 16.5 Å². The van der Waals surface area contributed by atoms with E-state index in [1.165, 1.54) is 30.3 Å². The maximum absolute atomic E-state index is 13.8. The summed E-state index contributed by atoms with van der Waals surface area (Å²) in [5, 5.41) is 0.0737. The van der Waals surface area contributed by atoms with Crippen LogP contribution in [0.1, 0.15) is 34.3 Å². The zero-order chi connectivity index (χ0) is 25.0. The summed E-state index contributed by atoms with van der Waals surface area (Å²) in [7, 11) is -4.18. The Balaban J connectivity index is 1.58. The first-order valence-corrected chi connectivity index (χ1v) is 13.0. The molecule has 1 fully saturated rings. The van der Waals surface area contributed by atoms with Crippen molar-refractivity contribution in [3.8, 4) is 5.75 Å². The summed E-state index contributed by atoms with van der Waals surface area (Å²) in [6.07, 6.45) is 1.62. The fraction of sp³-hybridized carbons (Fsp3) is 0.269. The molecule has 1 aliphatic heterocycles. The molecular formula is C26H25ClFNO5S. The molecule has 0 N–H and O–H groups in total. The van der Waals surface area contributed by atoms with E-state index in [1.54, 1.807) is 48.2 Å². The summed E-state index contributed by atoms with van der Waals surface area (Å²) in [5.74, 6) is -0.744. The molecule has 1 amide bonds. The van der Waals surface area contributed by atoms with Crippen LogP contribution in [0.25, 0.3) is 0 Å². The lowest BCUT2D eigenvalue weighted by Crippen LogP contribution is -2.37. The zero-order valence-corrected chi connectivity index (χ0v) is 20.7. The molecule has 0 unspecified atom stereocenters. The van der Waals surface area contributed by atoms with Crippen molar-refractivity contribution < 1.29 is 26.5 Å². The molecule has 0 aromatic heterocycles. The van der Waals surface area contributed by atoms with Gasteiger partial charge in [0.05, 0.1) is 11.1 Å². The van der Waals surface area contributed by atoms with Crippen molar-refractivity contribution in [1.29, 1.82) is 0 Å². The Morgan fingerprint density at radius 1 is 1.14 bits per heavy atom. The minimum atomic E-state index is -4.18. The SMILES string of the molecule is Cc1cccc(Cl)c1S(=O)(=O)Oc1cccc(CN(C[C@H]2CCCO2)C(=O)c2cccc(F)c2)c1. The van der Waals surface area contributed by atoms with E-state index in [0.717, 1.165) is 12.8 Å². The van der Waals surface area contributed by atoms with Gasteiger partial charge in [-0.3, -0.25) is 4.79 Å². The molecule has 1 atom stereocenters. The third-order valence-corrected chi connectivity index (χ3v) is 7.58. The predicted octanol–water partition coefficient (Wildman–Crippen LogP) is 5.38. The minimum Gasteiger partial charge on any atom is -0.379 e. The summed E-state index contributed by atoms with van der Waals surface area (Å²) in [4.78, 5) is 14.7. The minimum absolute atomic E-state index is 0.0737. The third-order valence-electron chi connectivity index (χ3n) is 5.70. The molecule has 0 aliphatic carbocycles. The van der Waals surface area contributed by atoms with E-state index in [0.29, 0.717) is 24.3 Å². The highest BCUT2D eigenvalue weighted by atomic mass is 35.5. The molecule has 3 aromatic rings. The van der Waals surface area contributed by atoms with E-state index in [4.69, 9.17) is 20.5 Å². The average molecular weight is 518 g/mol. The number of hydrogen-bond acceptors (Lipinski definition) is 5. The van der Waals surface area contributed by atoms with Crippen LogP contribution in [0.4, 0.5) is 4.39 Å². The molecule has 35 heavy (non-hydrogen) atoms. The molecule has 0 spiro atoms. The Morgan fingerprint density at radius 3 is 2.63 bits per heavy atom. The quantitative estimate of drug-likeness (QED) is 0.375. The van der Waals surface area contributed by atoms with Gasteiger partial charge in [-0.1, -0.05) is 41.9 Å². The van der Waals surface area contributed by atoms with E-state index >= 15 is 0 Å². The van der Waals surface area contributed by atoms with Crippen LogP contribution in [0.2, 0.25) is 5.02 Å². The van der Waals surface area contributed by atoms with Crippen LogP contribution < -0.4 is 4.18 Å². The lowest BCUT2D eigenvalue weighted by molar-refractivity contribution is 0.0507. The Kier molecular flexibility index (Phi) is 7.74. The molecule has 1 saturated heterocycles. The van der Waals surface area contributed by atoms with Crippen molar-refractivity contribution in [2.24, 2.45) is 0 Å². The number of aryl methyl sites for hydroxylation is 1. The maximum atomic E-state index is 13.8. The molecule has 0 saturated carbocycles. The van der Waals surface area contributed by atoms with Gasteiger partial charge in [0.25, 0.3) is 5.91 Å². The molecular weight excluding hydrogens is 493 g/mol. The van der Waals surface area contributed by atoms with Crippen molar-refractivity contribution in [2.75, 3.05) is 13.2 Å². The van der Waals surface area contributed by atoms with Crippen LogP contribution in [-0.2, 0) is 21.4 Å². The van der Waals surface area contributed by atoms with Crippen molar-refractivity contribution >= 4 is 27.6 Å². The summed E-state index contributed by atoms with van der Waals surface area (Å²) in [6.45, 7) is 2.77. The second kappa shape index (κ2) is 10.8. The number of amides is 1. The Hall–Kier alpha value is -2.94. The summed E-state index contributed by atoms with van der Waals surface area (Å²) >= 11 is 6.12. The van der Waals surface area contributed by atoms with E-state index in [1.807, 2.05) is 0 Å². The lowest BCUT2D eigenvalue weighted by Gasteiger charge is -2.26. The number of ether oxygens (including phenoxy) is 1. The molecule has 1 heterocycles. The van der Waals surface area contributed by atoms with Gasteiger partial charge in [-0.05, 0) is 67.3 Å². The second-order valence-corrected chi connectivity index (χ2v) is 10.3. The summed E-state index contributed by atoms with van der Waals surface area (Å²) in [5.41, 5.74) is 1.35. The lowest BCUT2D eigenvalue weighted by atomic mass is 10.1. The average Bonchev–Trinajstić information content (AvgIpc) is 3.31. The van der Waals surface area contributed by atoms with Crippen molar-refractivity contribution in [2.45, 2.75) is 37.3 Å². The van der Waals surface area contributed by atoms with Gasteiger partial charge < -0.3 is 13.8 Å². The van der Waals surface area contributed by atoms with Gasteiger partial charge in [0, 0.05) is 25.3 Å². The van der Waals surface area contributed by atoms with Crippen LogP contribution >= 0.6 is 11.6 Å². The molecule has 0 radical (unpaired) electrons. The van der Waals surface area contributed by atoms with Gasteiger partial charge in [-0.2, -0.15) is 8.42 Å². The van der Waals surface area contributed by atoms with Crippen LogP contribution in [0, 0.1) is 12.7 Å². The fourth-order valence-corrected chi connectivity index (χ4v) is 5.79. The van der Waals surface area contributed by atoms with Crippen molar-refractivity contribution in [3.63, 3.8) is 0 Å². The highest BCUT2D eigenvalue weighted by Gasteiger charge is 2.25. The van der Waals surface area contributed by atoms with Crippen LogP contribution in [-0.4, -0.2) is 38.5 Å². The first-order valence-electron chi connectivity index (χ1n) is 11.2. The number of hydrogen-bond donors (Lipinski definition) is 0. The first-order chi connectivity index (χ1) is 16.7. The number of rotatable bonds is 8. The smallest absolute Gasteiger partial charge is 0.340 e. The molecule has 6 nitrogen and oxygen atoms in total. The molecule has 1 aliphatic rings. The summed E-state index contributed by atoms with van der Waals surface area (Å²) < 4.78 is 50.7. The highest BCUT2D eigenvalue weighted by Crippen LogP contribution is 2.28. The van der Waals surface area contributed by atoms with E-state index < -0.39 is 15.9 Å². The number of carbonyl (C=O) groups is 1. The third kappa shape index (κ3) is 6.20. The van der Waals surface area contributed by atoms with Gasteiger partial charge >= 0.3 is 10.1 Å². The molecule has 0 bridgehead atoms. The molecule has 4 rings (SSSR count). The largest absolute Gasteiger partial charge is 0.379 e. The van der Waals surface area contributed by atoms with Gasteiger partial charge in [0.15, 0.2) is 0 Å². The number of nitrogens with zero attached hydrogens (tertiary/aromatic N) is 1. The number of halogens is 2. The normalized spacial score (nSPS) is 15.7. The van der Waals surface area contributed by atoms with Crippen LogP contribution in [0.15, 0.2) is 71.6 Å². The molecule has 9 heteroatoms. The Bertz CT molecular complexity index is 1300. The molecule has 3 aromatic carbocycles. The van der Waals surface area contributed by atoms with Gasteiger partial charge in [0.2, 0.25) is 0 Å². The predicted molar refractivity (Wildman–Crippen MR) is 131 cm³/mol. The molecule has 184 valence electrons. The summed E-state index contributed by atoms with van der Waals surface area (Å²) in [6, 6.07) is 16.8. The second-order valence-electron chi connectivity index (χ2n) is 8.40. The zero-order valence-electron chi connectivity index (χ0n) is 19.1. The van der Waals surface area contributed by atoms with E-state index in [2.05, 4.69) is 0 Å². The maximum Gasteiger partial charge on any atom is 0.340 e. The van der Waals surface area contributed by atoms with Crippen LogP contribution in [0.3, 0.4) is 0 Å². The van der Waals surface area contributed by atoms with Gasteiger partial charge in [-0.15, -0.1) is 0 Å². The monoisotopic (exact) mass is 517 g/mol. The number of benzene rings is 3. The van der Waals surface area contributed by atoms with Gasteiger partial charge in [-0.25, -0.2) is 4.39 Å². The Morgan fingerprint density at radius 2 is 1.91 bits per heavy atom. The van der Waals surface area contributed by atoms with Crippen LogP contribution in [0.5, 0.6) is 5.75 Å². The Labute approximate surface area is 209 Å².